The van der Waals surface area contributed by atoms with Crippen molar-refractivity contribution >= 4 is 17.3 Å². The monoisotopic (exact) mass is 262 g/mol. The summed E-state index contributed by atoms with van der Waals surface area (Å²) in [5.74, 6) is 0.287. The van der Waals surface area contributed by atoms with Crippen molar-refractivity contribution in [1.82, 2.24) is 0 Å². The van der Waals surface area contributed by atoms with Crippen molar-refractivity contribution in [3.05, 3.63) is 23.8 Å². The fraction of sp³-hybridized carbons (Fsp3) is 0.533. The highest BCUT2D eigenvalue weighted by atomic mass is 16.3. The second-order valence-corrected chi connectivity index (χ2v) is 5.64. The second kappa shape index (κ2) is 4.85. The third-order valence-electron chi connectivity index (χ3n) is 4.22. The van der Waals surface area contributed by atoms with Crippen LogP contribution < -0.4 is 9.80 Å². The van der Waals surface area contributed by atoms with Gasteiger partial charge in [-0.25, -0.2) is 0 Å². The molecule has 1 aliphatic heterocycles. The van der Waals surface area contributed by atoms with Crippen LogP contribution >= 0.6 is 0 Å². The van der Waals surface area contributed by atoms with Gasteiger partial charge in [0, 0.05) is 31.4 Å². The van der Waals surface area contributed by atoms with Gasteiger partial charge < -0.3 is 14.9 Å². The smallest absolute Gasteiger partial charge is 0.260 e. The SMILES string of the molecule is CC(C)C(C)N(C)c1ccc2c(c1)N(C)C(=O)C2O. The maximum atomic E-state index is 11.7. The molecule has 1 aromatic rings. The summed E-state index contributed by atoms with van der Waals surface area (Å²) in [7, 11) is 3.76. The zero-order chi connectivity index (χ0) is 14.3. The summed E-state index contributed by atoms with van der Waals surface area (Å²) < 4.78 is 0. The van der Waals surface area contributed by atoms with Gasteiger partial charge in [-0.05, 0) is 25.0 Å². The number of carbonyl (C=O) groups is 1. The van der Waals surface area contributed by atoms with Gasteiger partial charge in [0.15, 0.2) is 6.10 Å². The van der Waals surface area contributed by atoms with Gasteiger partial charge in [-0.15, -0.1) is 0 Å². The molecular formula is C15H22N2O2. The molecule has 4 heteroatoms. The molecule has 2 unspecified atom stereocenters. The molecule has 1 heterocycles. The van der Waals surface area contributed by atoms with Crippen LogP contribution in [0.3, 0.4) is 0 Å². The van der Waals surface area contributed by atoms with E-state index in [0.29, 0.717) is 17.5 Å². The van der Waals surface area contributed by atoms with E-state index in [1.807, 2.05) is 18.2 Å². The van der Waals surface area contributed by atoms with E-state index in [1.165, 1.54) is 4.90 Å². The van der Waals surface area contributed by atoms with Crippen LogP contribution in [0.25, 0.3) is 0 Å². The van der Waals surface area contributed by atoms with E-state index in [0.717, 1.165) is 11.4 Å². The molecule has 4 nitrogen and oxygen atoms in total. The topological polar surface area (TPSA) is 43.8 Å². The van der Waals surface area contributed by atoms with Crippen molar-refractivity contribution in [2.45, 2.75) is 32.9 Å². The highest BCUT2D eigenvalue weighted by molar-refractivity contribution is 6.03. The predicted octanol–water partition coefficient (Wildman–Crippen LogP) is 2.18. The molecule has 1 aromatic carbocycles. The molecule has 19 heavy (non-hydrogen) atoms. The number of benzene rings is 1. The van der Waals surface area contributed by atoms with Crippen molar-refractivity contribution in [1.29, 1.82) is 0 Å². The van der Waals surface area contributed by atoms with Crippen LogP contribution in [0.4, 0.5) is 11.4 Å². The maximum absolute atomic E-state index is 11.7. The number of likely N-dealkylation sites (N-methyl/N-ethyl adjacent to an activating group) is 1. The third-order valence-corrected chi connectivity index (χ3v) is 4.22. The molecule has 0 saturated heterocycles. The number of carbonyl (C=O) groups excluding carboxylic acids is 1. The summed E-state index contributed by atoms with van der Waals surface area (Å²) in [6.45, 7) is 6.56. The molecular weight excluding hydrogens is 240 g/mol. The standard InChI is InChI=1S/C15H22N2O2/c1-9(2)10(3)16(4)11-6-7-12-13(8-11)17(5)15(19)14(12)18/h6-10,14,18H,1-5H3. The Labute approximate surface area is 114 Å². The van der Waals surface area contributed by atoms with E-state index in [4.69, 9.17) is 0 Å². The molecule has 0 spiro atoms. The highest BCUT2D eigenvalue weighted by Gasteiger charge is 2.33. The summed E-state index contributed by atoms with van der Waals surface area (Å²) >= 11 is 0. The van der Waals surface area contributed by atoms with Crippen LogP contribution in [-0.4, -0.2) is 31.2 Å². The fourth-order valence-electron chi connectivity index (χ4n) is 2.39. The summed E-state index contributed by atoms with van der Waals surface area (Å²) in [6.07, 6.45) is -1.01. The average molecular weight is 262 g/mol. The Kier molecular flexibility index (Phi) is 3.54. The number of aliphatic hydroxyl groups excluding tert-OH is 1. The van der Waals surface area contributed by atoms with Gasteiger partial charge in [0.25, 0.3) is 5.91 Å². The lowest BCUT2D eigenvalue weighted by molar-refractivity contribution is -0.125. The molecule has 2 rings (SSSR count). The van der Waals surface area contributed by atoms with Crippen molar-refractivity contribution < 1.29 is 9.90 Å². The van der Waals surface area contributed by atoms with Gasteiger partial charge in [-0.2, -0.15) is 0 Å². The first-order valence-corrected chi connectivity index (χ1v) is 6.67. The Hall–Kier alpha value is -1.55. The first-order valence-electron chi connectivity index (χ1n) is 6.67. The lowest BCUT2D eigenvalue weighted by Crippen LogP contribution is -2.33. The third kappa shape index (κ3) is 2.21. The van der Waals surface area contributed by atoms with E-state index in [-0.39, 0.29) is 5.91 Å². The number of hydrogen-bond donors (Lipinski definition) is 1. The summed E-state index contributed by atoms with van der Waals surface area (Å²) in [5, 5.41) is 9.84. The molecule has 0 fully saturated rings. The van der Waals surface area contributed by atoms with Crippen LogP contribution in [0, 0.1) is 5.92 Å². The minimum atomic E-state index is -1.01. The van der Waals surface area contributed by atoms with Crippen molar-refractivity contribution in [2.75, 3.05) is 23.9 Å². The minimum Gasteiger partial charge on any atom is -0.378 e. The van der Waals surface area contributed by atoms with Gasteiger partial charge in [0.05, 0.1) is 5.69 Å². The molecule has 0 saturated carbocycles. The zero-order valence-corrected chi connectivity index (χ0v) is 12.2. The van der Waals surface area contributed by atoms with Crippen molar-refractivity contribution in [3.8, 4) is 0 Å². The summed E-state index contributed by atoms with van der Waals surface area (Å²) in [6, 6.07) is 6.20. The molecule has 1 N–H and O–H groups in total. The predicted molar refractivity (Wildman–Crippen MR) is 77.5 cm³/mol. The number of rotatable bonds is 3. The molecule has 104 valence electrons. The van der Waals surface area contributed by atoms with Crippen molar-refractivity contribution in [3.63, 3.8) is 0 Å². The lowest BCUT2D eigenvalue weighted by atomic mass is 10.0. The van der Waals surface area contributed by atoms with E-state index < -0.39 is 6.10 Å². The molecule has 0 aliphatic carbocycles. The quantitative estimate of drug-likeness (QED) is 0.908. The minimum absolute atomic E-state index is 0.258. The van der Waals surface area contributed by atoms with Crippen LogP contribution in [0.1, 0.15) is 32.4 Å². The van der Waals surface area contributed by atoms with Crippen LogP contribution in [0.5, 0.6) is 0 Å². The Morgan fingerprint density at radius 1 is 1.32 bits per heavy atom. The number of aliphatic hydroxyl groups is 1. The number of anilines is 2. The maximum Gasteiger partial charge on any atom is 0.260 e. The normalized spacial score (nSPS) is 19.8. The molecule has 0 bridgehead atoms. The van der Waals surface area contributed by atoms with E-state index in [9.17, 15) is 9.90 Å². The number of nitrogens with zero attached hydrogens (tertiary/aromatic N) is 2. The zero-order valence-electron chi connectivity index (χ0n) is 12.2. The van der Waals surface area contributed by atoms with Crippen LogP contribution in [0.2, 0.25) is 0 Å². The molecule has 2 atom stereocenters. The number of hydrogen-bond acceptors (Lipinski definition) is 3. The van der Waals surface area contributed by atoms with Gasteiger partial charge in [0.2, 0.25) is 0 Å². The Balaban J connectivity index is 2.35. The highest BCUT2D eigenvalue weighted by Crippen LogP contribution is 2.37. The summed E-state index contributed by atoms with van der Waals surface area (Å²) in [5.41, 5.74) is 2.56. The molecule has 1 amide bonds. The number of amides is 1. The molecule has 1 aliphatic rings. The molecule has 0 aromatic heterocycles. The van der Waals surface area contributed by atoms with Gasteiger partial charge in [-0.3, -0.25) is 4.79 Å². The lowest BCUT2D eigenvalue weighted by Gasteiger charge is -2.30. The average Bonchev–Trinajstić information content (AvgIpc) is 2.61. The van der Waals surface area contributed by atoms with E-state index >= 15 is 0 Å². The Morgan fingerprint density at radius 2 is 1.95 bits per heavy atom. The van der Waals surface area contributed by atoms with Crippen molar-refractivity contribution in [2.24, 2.45) is 5.92 Å². The van der Waals surface area contributed by atoms with Gasteiger partial charge in [-0.1, -0.05) is 19.9 Å². The molecule has 0 radical (unpaired) electrons. The summed E-state index contributed by atoms with van der Waals surface area (Å²) in [4.78, 5) is 15.5. The largest absolute Gasteiger partial charge is 0.378 e. The van der Waals surface area contributed by atoms with Crippen LogP contribution in [0.15, 0.2) is 18.2 Å². The van der Waals surface area contributed by atoms with E-state index in [1.54, 1.807) is 7.05 Å². The van der Waals surface area contributed by atoms with Gasteiger partial charge in [0.1, 0.15) is 0 Å². The first-order chi connectivity index (χ1) is 8.84. The Bertz CT molecular complexity index is 499. The fourth-order valence-corrected chi connectivity index (χ4v) is 2.39. The van der Waals surface area contributed by atoms with Crippen LogP contribution in [-0.2, 0) is 4.79 Å². The second-order valence-electron chi connectivity index (χ2n) is 5.64. The van der Waals surface area contributed by atoms with E-state index in [2.05, 4.69) is 32.7 Å². The Morgan fingerprint density at radius 3 is 2.53 bits per heavy atom. The van der Waals surface area contributed by atoms with Gasteiger partial charge >= 0.3 is 0 Å². The first kappa shape index (κ1) is 13.9. The number of fused-ring (bicyclic) bond motifs is 1.